The molecule has 2 aromatic rings. The van der Waals surface area contributed by atoms with Crippen molar-refractivity contribution >= 4 is 0 Å². The van der Waals surface area contributed by atoms with Crippen molar-refractivity contribution in [3.8, 4) is 0 Å². The maximum absolute atomic E-state index is 5.35. The van der Waals surface area contributed by atoms with E-state index >= 15 is 0 Å². The monoisotopic (exact) mass is 256 g/mol. The van der Waals surface area contributed by atoms with Crippen LogP contribution < -0.4 is 0 Å². The molecular formula is C17H20O2. The lowest BCUT2D eigenvalue weighted by Gasteiger charge is -2.22. The third kappa shape index (κ3) is 3.66. The van der Waals surface area contributed by atoms with Gasteiger partial charge in [-0.3, -0.25) is 0 Å². The van der Waals surface area contributed by atoms with Gasteiger partial charge in [-0.05, 0) is 11.1 Å². The maximum atomic E-state index is 5.35. The minimum absolute atomic E-state index is 0.189. The van der Waals surface area contributed by atoms with Gasteiger partial charge in [0, 0.05) is 26.6 Å². The maximum Gasteiger partial charge on any atom is 0.157 e. The SMILES string of the molecule is COC(CC(c1ccccc1)c1ccccc1)OC. The fourth-order valence-corrected chi connectivity index (χ4v) is 2.32. The summed E-state index contributed by atoms with van der Waals surface area (Å²) in [6.07, 6.45) is 0.617. The van der Waals surface area contributed by atoms with E-state index in [2.05, 4.69) is 48.5 Å². The van der Waals surface area contributed by atoms with Gasteiger partial charge in [-0.25, -0.2) is 0 Å². The average Bonchev–Trinajstić information content (AvgIpc) is 2.50. The lowest BCUT2D eigenvalue weighted by Crippen LogP contribution is -2.18. The van der Waals surface area contributed by atoms with Gasteiger partial charge in [0.2, 0.25) is 0 Å². The fourth-order valence-electron chi connectivity index (χ4n) is 2.32. The van der Waals surface area contributed by atoms with Crippen LogP contribution in [0.2, 0.25) is 0 Å². The largest absolute Gasteiger partial charge is 0.356 e. The summed E-state index contributed by atoms with van der Waals surface area (Å²) >= 11 is 0. The molecule has 100 valence electrons. The van der Waals surface area contributed by atoms with Crippen molar-refractivity contribution in [3.63, 3.8) is 0 Å². The van der Waals surface area contributed by atoms with E-state index in [0.717, 1.165) is 6.42 Å². The Labute approximate surface area is 115 Å². The third-order valence-corrected chi connectivity index (χ3v) is 3.36. The lowest BCUT2D eigenvalue weighted by molar-refractivity contribution is -0.108. The molecule has 0 heterocycles. The minimum atomic E-state index is -0.189. The van der Waals surface area contributed by atoms with E-state index in [1.54, 1.807) is 14.2 Å². The molecule has 0 atom stereocenters. The summed E-state index contributed by atoms with van der Waals surface area (Å²) in [6.45, 7) is 0. The molecule has 0 spiro atoms. The van der Waals surface area contributed by atoms with Crippen LogP contribution in [0.3, 0.4) is 0 Å². The zero-order chi connectivity index (χ0) is 13.5. The van der Waals surface area contributed by atoms with Crippen molar-refractivity contribution in [1.82, 2.24) is 0 Å². The predicted molar refractivity (Wildman–Crippen MR) is 77.2 cm³/mol. The second-order valence-corrected chi connectivity index (χ2v) is 4.51. The first-order chi connectivity index (χ1) is 9.35. The van der Waals surface area contributed by atoms with Crippen LogP contribution in [-0.4, -0.2) is 20.5 Å². The number of hydrogen-bond acceptors (Lipinski definition) is 2. The molecule has 19 heavy (non-hydrogen) atoms. The van der Waals surface area contributed by atoms with Crippen molar-refractivity contribution in [2.24, 2.45) is 0 Å². The fraction of sp³-hybridized carbons (Fsp3) is 0.294. The summed E-state index contributed by atoms with van der Waals surface area (Å²) in [6, 6.07) is 21.0. The molecule has 0 aromatic heterocycles. The Balaban J connectivity index is 2.29. The second kappa shape index (κ2) is 7.07. The molecule has 0 aliphatic heterocycles. The average molecular weight is 256 g/mol. The summed E-state index contributed by atoms with van der Waals surface area (Å²) in [5.74, 6) is 0.285. The van der Waals surface area contributed by atoms with Crippen LogP contribution in [0.15, 0.2) is 60.7 Å². The highest BCUT2D eigenvalue weighted by molar-refractivity contribution is 5.32. The lowest BCUT2D eigenvalue weighted by atomic mass is 9.88. The molecule has 0 N–H and O–H groups in total. The highest BCUT2D eigenvalue weighted by Gasteiger charge is 2.19. The van der Waals surface area contributed by atoms with Gasteiger partial charge in [0.1, 0.15) is 0 Å². The highest BCUT2D eigenvalue weighted by Crippen LogP contribution is 2.29. The normalized spacial score (nSPS) is 11.2. The molecule has 0 radical (unpaired) electrons. The van der Waals surface area contributed by atoms with Gasteiger partial charge in [-0.1, -0.05) is 60.7 Å². The second-order valence-electron chi connectivity index (χ2n) is 4.51. The zero-order valence-corrected chi connectivity index (χ0v) is 11.5. The molecule has 0 fully saturated rings. The van der Waals surface area contributed by atoms with Gasteiger partial charge in [0.05, 0.1) is 0 Å². The van der Waals surface area contributed by atoms with Crippen molar-refractivity contribution in [2.45, 2.75) is 18.6 Å². The van der Waals surface area contributed by atoms with Crippen molar-refractivity contribution in [3.05, 3.63) is 71.8 Å². The molecule has 2 nitrogen and oxygen atoms in total. The molecular weight excluding hydrogens is 236 g/mol. The summed E-state index contributed by atoms with van der Waals surface area (Å²) in [7, 11) is 3.36. The number of benzene rings is 2. The summed E-state index contributed by atoms with van der Waals surface area (Å²) in [4.78, 5) is 0. The molecule has 0 amide bonds. The smallest absolute Gasteiger partial charge is 0.157 e. The number of methoxy groups -OCH3 is 2. The van der Waals surface area contributed by atoms with E-state index in [9.17, 15) is 0 Å². The van der Waals surface area contributed by atoms with Crippen LogP contribution in [0.1, 0.15) is 23.5 Å². The molecule has 0 bridgehead atoms. The van der Waals surface area contributed by atoms with Gasteiger partial charge in [0.15, 0.2) is 6.29 Å². The first-order valence-corrected chi connectivity index (χ1v) is 6.50. The number of rotatable bonds is 6. The first kappa shape index (κ1) is 13.8. The quantitative estimate of drug-likeness (QED) is 0.731. The van der Waals surface area contributed by atoms with Gasteiger partial charge in [-0.2, -0.15) is 0 Å². The molecule has 0 unspecified atom stereocenters. The number of ether oxygens (including phenoxy) is 2. The summed E-state index contributed by atoms with van der Waals surface area (Å²) in [5, 5.41) is 0. The summed E-state index contributed by atoms with van der Waals surface area (Å²) < 4.78 is 10.7. The Bertz CT molecular complexity index is 424. The summed E-state index contributed by atoms with van der Waals surface area (Å²) in [5.41, 5.74) is 2.57. The van der Waals surface area contributed by atoms with Crippen LogP contribution in [-0.2, 0) is 9.47 Å². The van der Waals surface area contributed by atoms with Crippen LogP contribution in [0.25, 0.3) is 0 Å². The topological polar surface area (TPSA) is 18.5 Å². The molecule has 0 saturated carbocycles. The van der Waals surface area contributed by atoms with E-state index in [-0.39, 0.29) is 12.2 Å². The molecule has 2 rings (SSSR count). The Morgan fingerprint density at radius 1 is 0.737 bits per heavy atom. The Kier molecular flexibility index (Phi) is 5.13. The van der Waals surface area contributed by atoms with E-state index in [0.29, 0.717) is 0 Å². The van der Waals surface area contributed by atoms with Crippen molar-refractivity contribution in [2.75, 3.05) is 14.2 Å². The Morgan fingerprint density at radius 3 is 1.53 bits per heavy atom. The van der Waals surface area contributed by atoms with Crippen LogP contribution in [0, 0.1) is 0 Å². The molecule has 2 aromatic carbocycles. The van der Waals surface area contributed by atoms with Crippen LogP contribution in [0.4, 0.5) is 0 Å². The van der Waals surface area contributed by atoms with Gasteiger partial charge < -0.3 is 9.47 Å². The van der Waals surface area contributed by atoms with E-state index in [1.807, 2.05) is 12.1 Å². The van der Waals surface area contributed by atoms with Crippen LogP contribution in [0.5, 0.6) is 0 Å². The molecule has 0 saturated heterocycles. The molecule has 0 aliphatic rings. The van der Waals surface area contributed by atoms with E-state index in [4.69, 9.17) is 9.47 Å². The van der Waals surface area contributed by atoms with Gasteiger partial charge in [-0.15, -0.1) is 0 Å². The van der Waals surface area contributed by atoms with Crippen LogP contribution >= 0.6 is 0 Å². The van der Waals surface area contributed by atoms with Crippen molar-refractivity contribution < 1.29 is 9.47 Å². The molecule has 0 aliphatic carbocycles. The Morgan fingerprint density at radius 2 is 1.16 bits per heavy atom. The minimum Gasteiger partial charge on any atom is -0.356 e. The Hall–Kier alpha value is -1.64. The highest BCUT2D eigenvalue weighted by atomic mass is 16.7. The van der Waals surface area contributed by atoms with Gasteiger partial charge in [0.25, 0.3) is 0 Å². The first-order valence-electron chi connectivity index (χ1n) is 6.50. The van der Waals surface area contributed by atoms with E-state index in [1.165, 1.54) is 11.1 Å². The number of hydrogen-bond donors (Lipinski definition) is 0. The van der Waals surface area contributed by atoms with E-state index < -0.39 is 0 Å². The predicted octanol–water partition coefficient (Wildman–Crippen LogP) is 3.83. The standard InChI is InChI=1S/C17H20O2/c1-18-17(19-2)13-16(14-9-5-3-6-10-14)15-11-7-4-8-12-15/h3-12,16-17H,13H2,1-2H3. The van der Waals surface area contributed by atoms with Crippen molar-refractivity contribution in [1.29, 1.82) is 0 Å². The molecule has 2 heteroatoms. The third-order valence-electron chi connectivity index (χ3n) is 3.36. The van der Waals surface area contributed by atoms with Gasteiger partial charge >= 0.3 is 0 Å². The zero-order valence-electron chi connectivity index (χ0n) is 11.5.